The van der Waals surface area contributed by atoms with Crippen molar-refractivity contribution in [1.29, 1.82) is 5.26 Å². The number of aromatic nitrogens is 2. The lowest BCUT2D eigenvalue weighted by Gasteiger charge is -2.39. The highest BCUT2D eigenvalue weighted by Gasteiger charge is 2.44. The Labute approximate surface area is 250 Å². The second-order valence-electron chi connectivity index (χ2n) is 12.1. The zero-order valence-corrected chi connectivity index (χ0v) is 26.0. The van der Waals surface area contributed by atoms with E-state index in [-0.39, 0.29) is 21.7 Å². The van der Waals surface area contributed by atoms with E-state index >= 15 is 0 Å². The van der Waals surface area contributed by atoms with Crippen molar-refractivity contribution in [1.82, 2.24) is 9.97 Å². The molecule has 4 rings (SSSR count). The molecule has 1 radical (unpaired) electrons. The van der Waals surface area contributed by atoms with E-state index in [1.54, 1.807) is 16.9 Å². The number of halogens is 4. The summed E-state index contributed by atoms with van der Waals surface area (Å²) in [5.41, 5.74) is 0.980. The summed E-state index contributed by atoms with van der Waals surface area (Å²) in [5.74, 6) is -0.0702. The van der Waals surface area contributed by atoms with Crippen molar-refractivity contribution in [2.45, 2.75) is 57.4 Å². The third-order valence-electron chi connectivity index (χ3n) is 7.97. The van der Waals surface area contributed by atoms with Crippen molar-refractivity contribution in [3.63, 3.8) is 0 Å². The van der Waals surface area contributed by atoms with Crippen LogP contribution in [-0.4, -0.2) is 45.0 Å². The van der Waals surface area contributed by atoms with Crippen LogP contribution in [-0.2, 0) is 20.8 Å². The van der Waals surface area contributed by atoms with E-state index < -0.39 is 25.5 Å². The molecule has 13 heteroatoms. The fraction of sp³-hybridized carbons (Fsp3) is 0.379. The molecular weight excluding hydrogens is 582 g/mol. The van der Waals surface area contributed by atoms with Crippen LogP contribution < -0.4 is 10.1 Å². The smallest absolute Gasteiger partial charge is 0.416 e. The predicted molar refractivity (Wildman–Crippen MR) is 162 cm³/mol. The molecule has 1 N–H and O–H groups in total. The van der Waals surface area contributed by atoms with Crippen LogP contribution in [0.15, 0.2) is 42.6 Å². The number of hydrogen-bond acceptors (Lipinski definition) is 7. The summed E-state index contributed by atoms with van der Waals surface area (Å²) < 4.78 is 47.4. The maximum atomic E-state index is 13.6. The highest BCUT2D eigenvalue weighted by atomic mass is 35.5. The fourth-order valence-corrected chi connectivity index (χ4v) is 5.91. The van der Waals surface area contributed by atoms with Crippen LogP contribution in [0.2, 0.25) is 23.2 Å². The summed E-state index contributed by atoms with van der Waals surface area (Å²) in [7, 11) is -0.720. The van der Waals surface area contributed by atoms with Crippen molar-refractivity contribution in [3.8, 4) is 17.3 Å². The van der Waals surface area contributed by atoms with Crippen molar-refractivity contribution in [2.24, 2.45) is 0 Å². The van der Waals surface area contributed by atoms with Gasteiger partial charge in [-0.15, -0.1) is 0 Å². The molecule has 1 atom stereocenters. The average molecular weight is 613 g/mol. The minimum Gasteiger partial charge on any atom is -0.416 e. The van der Waals surface area contributed by atoms with Crippen molar-refractivity contribution >= 4 is 50.8 Å². The molecule has 0 fully saturated rings. The molecule has 0 amide bonds. The van der Waals surface area contributed by atoms with Gasteiger partial charge in [-0.25, -0.2) is 9.97 Å². The van der Waals surface area contributed by atoms with Crippen LogP contribution in [0.1, 0.15) is 44.4 Å². The van der Waals surface area contributed by atoms with Crippen molar-refractivity contribution in [3.05, 3.63) is 64.3 Å². The molecule has 1 aliphatic heterocycles. The third-order valence-corrected chi connectivity index (χ3v) is 12.7. The number of rotatable bonds is 8. The number of hydrogen-bond donors (Lipinski definition) is 1. The Hall–Kier alpha value is -3.40. The minimum absolute atomic E-state index is 0.0155. The first-order valence-electron chi connectivity index (χ1n) is 13.2. The van der Waals surface area contributed by atoms with E-state index in [0.29, 0.717) is 41.8 Å². The number of benzene rings is 2. The second-order valence-corrected chi connectivity index (χ2v) is 17.4. The van der Waals surface area contributed by atoms with Gasteiger partial charge >= 0.3 is 13.6 Å². The molecule has 7 nitrogen and oxygen atoms in total. The second kappa shape index (κ2) is 11.4. The molecule has 0 spiro atoms. The molecule has 3 aromatic rings. The van der Waals surface area contributed by atoms with Gasteiger partial charge < -0.3 is 19.3 Å². The summed E-state index contributed by atoms with van der Waals surface area (Å²) in [6.45, 7) is 13.6. The molecule has 1 aromatic heterocycles. The zero-order valence-electron chi connectivity index (χ0n) is 24.2. The normalized spacial score (nSPS) is 17.0. The van der Waals surface area contributed by atoms with Crippen LogP contribution in [0.5, 0.6) is 0 Å². The van der Waals surface area contributed by atoms with Gasteiger partial charge in [0.15, 0.2) is 8.32 Å². The predicted octanol–water partition coefficient (Wildman–Crippen LogP) is 7.34. The molecular formula is C29H31BClF3N5O2Si. The lowest BCUT2D eigenvalue weighted by atomic mass is 9.83. The summed E-state index contributed by atoms with van der Waals surface area (Å²) in [6, 6.07) is 10.6. The highest BCUT2D eigenvalue weighted by molar-refractivity contribution is 6.74. The Morgan fingerprint density at radius 3 is 2.57 bits per heavy atom. The summed E-state index contributed by atoms with van der Waals surface area (Å²) >= 11 is 5.97. The number of nitrogens with one attached hydrogen (secondary N) is 1. The van der Waals surface area contributed by atoms with Crippen LogP contribution in [0.25, 0.3) is 11.3 Å². The van der Waals surface area contributed by atoms with Gasteiger partial charge in [-0.2, -0.15) is 18.4 Å². The quantitative estimate of drug-likeness (QED) is 0.210. The van der Waals surface area contributed by atoms with E-state index in [4.69, 9.17) is 16.0 Å². The molecule has 0 bridgehead atoms. The molecule has 1 unspecified atom stereocenters. The molecule has 0 aliphatic carbocycles. The summed E-state index contributed by atoms with van der Waals surface area (Å²) in [6.07, 6.45) is -2.51. The number of nitriles is 1. The number of alkyl halides is 3. The molecule has 42 heavy (non-hydrogen) atoms. The standard InChI is InChI=1S/C29H31BClF3N5O2Si/c1-27(2,3)42(5,6)41-16-28(4)15-39(30-17-40)25-19(14-35)11-18(12-22(25)28)23-9-10-36-26(37-23)38-24-13-20(31)7-8-21(24)29(32,33)34/h7-13,17H,15-16H2,1-6H3,(H,36,37,38). The van der Waals surface area contributed by atoms with Gasteiger partial charge in [0.2, 0.25) is 5.95 Å². The molecule has 1 aliphatic rings. The Morgan fingerprint density at radius 2 is 1.95 bits per heavy atom. The average Bonchev–Trinajstić information content (AvgIpc) is 3.18. The molecule has 0 saturated carbocycles. The number of nitrogens with zero attached hydrogens (tertiary/aromatic N) is 4. The monoisotopic (exact) mass is 612 g/mol. The Morgan fingerprint density at radius 1 is 1.24 bits per heavy atom. The topological polar surface area (TPSA) is 91.1 Å². The number of anilines is 3. The third kappa shape index (κ3) is 6.33. The van der Waals surface area contributed by atoms with Crippen LogP contribution in [0.4, 0.5) is 30.5 Å². The van der Waals surface area contributed by atoms with Crippen molar-refractivity contribution in [2.75, 3.05) is 23.3 Å². The van der Waals surface area contributed by atoms with Crippen molar-refractivity contribution < 1.29 is 22.4 Å². The Kier molecular flexibility index (Phi) is 8.53. The first-order chi connectivity index (χ1) is 19.5. The highest BCUT2D eigenvalue weighted by Crippen LogP contribution is 2.46. The first kappa shape index (κ1) is 31.5. The van der Waals surface area contributed by atoms with E-state index in [9.17, 15) is 23.2 Å². The SMILES string of the molecule is CC1(CO[Si](C)(C)C(C)(C)C)CN([B]C=O)c2c(C#N)cc(-c3ccnc(Nc4cc(Cl)ccc4C(F)(F)F)n3)cc21. The Bertz CT molecular complexity index is 1560. The summed E-state index contributed by atoms with van der Waals surface area (Å²) in [5, 5.41) is 12.9. The minimum atomic E-state index is -4.62. The largest absolute Gasteiger partial charge is 0.418 e. The summed E-state index contributed by atoms with van der Waals surface area (Å²) in [4.78, 5) is 21.8. The molecule has 0 saturated heterocycles. The number of carbonyl (C=O) groups excluding carboxylic acids is 1. The van der Waals surface area contributed by atoms with Crippen LogP contribution in [0.3, 0.4) is 0 Å². The van der Waals surface area contributed by atoms with Gasteiger partial charge in [0, 0.05) is 41.0 Å². The zero-order chi connectivity index (χ0) is 31.1. The van der Waals surface area contributed by atoms with Gasteiger partial charge in [0.1, 0.15) is 12.3 Å². The van der Waals surface area contributed by atoms with Crippen LogP contribution >= 0.6 is 11.6 Å². The van der Waals surface area contributed by atoms with E-state index in [0.717, 1.165) is 23.8 Å². The van der Waals surface area contributed by atoms with Gasteiger partial charge in [-0.3, -0.25) is 0 Å². The molecule has 219 valence electrons. The maximum Gasteiger partial charge on any atom is 0.418 e. The molecule has 2 heterocycles. The first-order valence-corrected chi connectivity index (χ1v) is 16.5. The van der Waals surface area contributed by atoms with Gasteiger partial charge in [-0.1, -0.05) is 39.3 Å². The fourth-order valence-electron chi connectivity index (χ4n) is 4.62. The lowest BCUT2D eigenvalue weighted by molar-refractivity contribution is -0.136. The van der Waals surface area contributed by atoms with E-state index in [1.165, 1.54) is 13.6 Å². The number of carbonyl (C=O) groups is 1. The van der Waals surface area contributed by atoms with Gasteiger partial charge in [0.25, 0.3) is 0 Å². The number of fused-ring (bicyclic) bond motifs is 1. The van der Waals surface area contributed by atoms with Crippen LogP contribution in [0, 0.1) is 11.3 Å². The maximum absolute atomic E-state index is 13.6. The van der Waals surface area contributed by atoms with E-state index in [1.807, 2.05) is 13.0 Å². The Balaban J connectivity index is 1.77. The van der Waals surface area contributed by atoms with E-state index in [2.05, 4.69) is 55.2 Å². The van der Waals surface area contributed by atoms with Gasteiger partial charge in [-0.05, 0) is 60.1 Å². The molecule has 2 aromatic carbocycles. The lowest BCUT2D eigenvalue weighted by Crippen LogP contribution is -2.46. The van der Waals surface area contributed by atoms with Gasteiger partial charge in [0.05, 0.1) is 22.5 Å².